The Bertz CT molecular complexity index is 722. The predicted molar refractivity (Wildman–Crippen MR) is 98.7 cm³/mol. The number of likely N-dealkylation sites (tertiary alicyclic amines) is 2. The summed E-state index contributed by atoms with van der Waals surface area (Å²) in [5, 5.41) is 0. The Morgan fingerprint density at radius 3 is 2.67 bits per heavy atom. The third kappa shape index (κ3) is 4.30. The highest BCUT2D eigenvalue weighted by atomic mass is 19.2. The highest BCUT2D eigenvalue weighted by Crippen LogP contribution is 2.40. The summed E-state index contributed by atoms with van der Waals surface area (Å²) in [5.74, 6) is -1.13. The van der Waals surface area contributed by atoms with Crippen LogP contribution in [0, 0.1) is 23.0 Å². The minimum atomic E-state index is -0.894. The van der Waals surface area contributed by atoms with E-state index in [0.717, 1.165) is 31.4 Å². The van der Waals surface area contributed by atoms with E-state index >= 15 is 0 Å². The maximum Gasteiger partial charge on any atom is 0.230 e. The van der Waals surface area contributed by atoms with Crippen LogP contribution in [0.5, 0.6) is 0 Å². The van der Waals surface area contributed by atoms with Crippen LogP contribution in [0.4, 0.5) is 8.78 Å². The van der Waals surface area contributed by atoms with E-state index in [-0.39, 0.29) is 18.4 Å². The van der Waals surface area contributed by atoms with Crippen LogP contribution in [0.25, 0.3) is 0 Å². The van der Waals surface area contributed by atoms with E-state index in [1.165, 1.54) is 6.07 Å². The second-order valence-corrected chi connectivity index (χ2v) is 8.36. The minimum absolute atomic E-state index is 0.0395. The van der Waals surface area contributed by atoms with Crippen LogP contribution in [0.2, 0.25) is 0 Å². The lowest BCUT2D eigenvalue weighted by atomic mass is 9.78. The second-order valence-electron chi connectivity index (χ2n) is 8.36. The van der Waals surface area contributed by atoms with Gasteiger partial charge in [0.15, 0.2) is 11.6 Å². The Kier molecular flexibility index (Phi) is 5.82. The molecule has 0 aliphatic carbocycles. The predicted octanol–water partition coefficient (Wildman–Crippen LogP) is 3.74. The molecule has 0 saturated carbocycles. The number of halogens is 2. The summed E-state index contributed by atoms with van der Waals surface area (Å²) in [5.41, 5.74) is 0.0757. The first-order valence-electron chi connectivity index (χ1n) is 9.82. The lowest BCUT2D eigenvalue weighted by molar-refractivity contribution is -0.146. The SMILES string of the molecule is CC(C)CCC(=O)N1CCC2(CCCN(Cc3ccc(F)c(F)c3)C2=O)C1. The Labute approximate surface area is 159 Å². The fraction of sp³-hybridized carbons (Fsp3) is 0.619. The zero-order valence-corrected chi connectivity index (χ0v) is 16.1. The minimum Gasteiger partial charge on any atom is -0.342 e. The van der Waals surface area contributed by atoms with Gasteiger partial charge >= 0.3 is 0 Å². The summed E-state index contributed by atoms with van der Waals surface area (Å²) in [7, 11) is 0. The molecule has 2 heterocycles. The van der Waals surface area contributed by atoms with Gasteiger partial charge in [0.1, 0.15) is 0 Å². The van der Waals surface area contributed by atoms with E-state index in [1.54, 1.807) is 4.90 Å². The summed E-state index contributed by atoms with van der Waals surface area (Å²) in [4.78, 5) is 29.2. The molecule has 1 aromatic carbocycles. The summed E-state index contributed by atoms with van der Waals surface area (Å²) in [6, 6.07) is 3.77. The summed E-state index contributed by atoms with van der Waals surface area (Å²) in [6.45, 7) is 6.19. The molecule has 27 heavy (non-hydrogen) atoms. The maximum atomic E-state index is 13.5. The number of hydrogen-bond donors (Lipinski definition) is 0. The number of nitrogens with zero attached hydrogens (tertiary/aromatic N) is 2. The molecule has 1 atom stereocenters. The number of piperidine rings is 1. The molecule has 2 saturated heterocycles. The molecule has 2 amide bonds. The topological polar surface area (TPSA) is 40.6 Å². The standard InChI is InChI=1S/C21H28F2N2O2/c1-15(2)4-7-19(26)25-11-9-21(14-25)8-3-10-24(20(21)27)13-16-5-6-17(22)18(23)12-16/h5-6,12,15H,3-4,7-11,13-14H2,1-2H3. The van der Waals surface area contributed by atoms with Gasteiger partial charge in [-0.1, -0.05) is 19.9 Å². The van der Waals surface area contributed by atoms with Crippen molar-refractivity contribution < 1.29 is 18.4 Å². The molecule has 2 aliphatic rings. The Morgan fingerprint density at radius 1 is 1.19 bits per heavy atom. The molecule has 0 radical (unpaired) electrons. The van der Waals surface area contributed by atoms with Crippen molar-refractivity contribution in [1.29, 1.82) is 0 Å². The van der Waals surface area contributed by atoms with Gasteiger partial charge in [-0.25, -0.2) is 8.78 Å². The lowest BCUT2D eigenvalue weighted by Gasteiger charge is -2.39. The Morgan fingerprint density at radius 2 is 1.96 bits per heavy atom. The van der Waals surface area contributed by atoms with Gasteiger partial charge in [0.2, 0.25) is 11.8 Å². The van der Waals surface area contributed by atoms with Gasteiger partial charge in [0, 0.05) is 32.6 Å². The maximum absolute atomic E-state index is 13.5. The van der Waals surface area contributed by atoms with Gasteiger partial charge in [-0.15, -0.1) is 0 Å². The molecule has 6 heteroatoms. The van der Waals surface area contributed by atoms with Crippen LogP contribution in [-0.4, -0.2) is 41.2 Å². The number of carbonyl (C=O) groups is 2. The molecule has 148 valence electrons. The third-order valence-corrected chi connectivity index (χ3v) is 5.82. The molecule has 4 nitrogen and oxygen atoms in total. The molecule has 0 N–H and O–H groups in total. The molecule has 1 aromatic rings. The van der Waals surface area contributed by atoms with E-state index in [9.17, 15) is 18.4 Å². The van der Waals surface area contributed by atoms with Gasteiger partial charge in [-0.3, -0.25) is 9.59 Å². The average molecular weight is 378 g/mol. The van der Waals surface area contributed by atoms with E-state index < -0.39 is 17.0 Å². The molecule has 0 aromatic heterocycles. The van der Waals surface area contributed by atoms with E-state index in [4.69, 9.17) is 0 Å². The molecular weight excluding hydrogens is 350 g/mol. The van der Waals surface area contributed by atoms with Crippen LogP contribution in [0.15, 0.2) is 18.2 Å². The number of hydrogen-bond acceptors (Lipinski definition) is 2. The highest BCUT2D eigenvalue weighted by Gasteiger charge is 2.49. The average Bonchev–Trinajstić information content (AvgIpc) is 3.05. The molecular formula is C21H28F2N2O2. The summed E-state index contributed by atoms with van der Waals surface area (Å²) in [6.07, 6.45) is 3.73. The zero-order chi connectivity index (χ0) is 19.6. The van der Waals surface area contributed by atoms with Crippen molar-refractivity contribution in [2.24, 2.45) is 11.3 Å². The van der Waals surface area contributed by atoms with Crippen LogP contribution < -0.4 is 0 Å². The molecule has 3 rings (SSSR count). The number of amides is 2. The zero-order valence-electron chi connectivity index (χ0n) is 16.1. The molecule has 1 spiro atoms. The van der Waals surface area contributed by atoms with Crippen molar-refractivity contribution in [3.8, 4) is 0 Å². The van der Waals surface area contributed by atoms with Crippen LogP contribution in [0.1, 0.15) is 51.5 Å². The molecule has 2 aliphatic heterocycles. The van der Waals surface area contributed by atoms with Crippen LogP contribution in [0.3, 0.4) is 0 Å². The first-order valence-corrected chi connectivity index (χ1v) is 9.82. The fourth-order valence-corrected chi connectivity index (χ4v) is 4.20. The number of benzene rings is 1. The van der Waals surface area contributed by atoms with Crippen molar-refractivity contribution in [3.63, 3.8) is 0 Å². The quantitative estimate of drug-likeness (QED) is 0.783. The number of carbonyl (C=O) groups excluding carboxylic acids is 2. The normalized spacial score (nSPS) is 22.9. The van der Waals surface area contributed by atoms with Gasteiger partial charge in [-0.05, 0) is 49.3 Å². The van der Waals surface area contributed by atoms with Crippen LogP contribution in [-0.2, 0) is 16.1 Å². The van der Waals surface area contributed by atoms with Gasteiger partial charge in [0.05, 0.1) is 5.41 Å². The lowest BCUT2D eigenvalue weighted by Crippen LogP contribution is -2.50. The summed E-state index contributed by atoms with van der Waals surface area (Å²) >= 11 is 0. The van der Waals surface area contributed by atoms with Gasteiger partial charge in [-0.2, -0.15) is 0 Å². The Balaban J connectivity index is 1.66. The van der Waals surface area contributed by atoms with E-state index in [2.05, 4.69) is 13.8 Å². The van der Waals surface area contributed by atoms with Gasteiger partial charge in [0.25, 0.3) is 0 Å². The van der Waals surface area contributed by atoms with Crippen molar-refractivity contribution in [2.45, 2.75) is 52.5 Å². The fourth-order valence-electron chi connectivity index (χ4n) is 4.20. The molecule has 0 bridgehead atoms. The first kappa shape index (κ1) is 19.8. The third-order valence-electron chi connectivity index (χ3n) is 5.82. The van der Waals surface area contributed by atoms with E-state index in [1.807, 2.05) is 4.90 Å². The largest absolute Gasteiger partial charge is 0.342 e. The number of rotatable bonds is 5. The van der Waals surface area contributed by atoms with Crippen LogP contribution >= 0.6 is 0 Å². The second kappa shape index (κ2) is 7.95. The first-order chi connectivity index (χ1) is 12.8. The van der Waals surface area contributed by atoms with E-state index in [0.29, 0.717) is 44.0 Å². The summed E-state index contributed by atoms with van der Waals surface area (Å²) < 4.78 is 26.6. The van der Waals surface area contributed by atoms with Crippen molar-refractivity contribution >= 4 is 11.8 Å². The monoisotopic (exact) mass is 378 g/mol. The van der Waals surface area contributed by atoms with Crippen molar-refractivity contribution in [3.05, 3.63) is 35.4 Å². The molecule has 2 fully saturated rings. The smallest absolute Gasteiger partial charge is 0.230 e. The van der Waals surface area contributed by atoms with Crippen molar-refractivity contribution in [2.75, 3.05) is 19.6 Å². The highest BCUT2D eigenvalue weighted by molar-refractivity contribution is 5.86. The van der Waals surface area contributed by atoms with Gasteiger partial charge < -0.3 is 9.80 Å². The molecule has 1 unspecified atom stereocenters. The Hall–Kier alpha value is -1.98. The van der Waals surface area contributed by atoms with Crippen molar-refractivity contribution in [1.82, 2.24) is 9.80 Å².